The van der Waals surface area contributed by atoms with E-state index in [4.69, 9.17) is 11.6 Å². The van der Waals surface area contributed by atoms with E-state index in [2.05, 4.69) is 5.32 Å². The van der Waals surface area contributed by atoms with Crippen molar-refractivity contribution in [2.75, 3.05) is 18.4 Å². The first-order chi connectivity index (χ1) is 9.08. The van der Waals surface area contributed by atoms with Crippen LogP contribution in [0.5, 0.6) is 0 Å². The predicted molar refractivity (Wildman–Crippen MR) is 71.9 cm³/mol. The maximum absolute atomic E-state index is 11.9. The molecule has 5 nitrogen and oxygen atoms in total. The summed E-state index contributed by atoms with van der Waals surface area (Å²) in [6.45, 7) is 0.798. The van der Waals surface area contributed by atoms with Gasteiger partial charge in [0.25, 0.3) is 0 Å². The number of hydrogen-bond donors (Lipinski definition) is 2. The Bertz CT molecular complexity index is 485. The Balaban J connectivity index is 1.96. The summed E-state index contributed by atoms with van der Waals surface area (Å²) in [6.07, 6.45) is 0.631. The predicted octanol–water partition coefficient (Wildman–Crippen LogP) is 1.26. The molecule has 2 rings (SSSR count). The third-order valence-electron chi connectivity index (χ3n) is 3.07. The lowest BCUT2D eigenvalue weighted by Crippen LogP contribution is -2.45. The number of hydrogen-bond acceptors (Lipinski definition) is 3. The van der Waals surface area contributed by atoms with E-state index in [0.29, 0.717) is 36.6 Å². The average Bonchev–Trinajstić information content (AvgIpc) is 2.41. The van der Waals surface area contributed by atoms with Crippen LogP contribution in [0.3, 0.4) is 0 Å². The molecule has 0 spiro atoms. The topological polar surface area (TPSA) is 69.6 Å². The fraction of sp³-hybridized carbons (Fsp3) is 0.385. The van der Waals surface area contributed by atoms with Crippen LogP contribution in [-0.4, -0.2) is 41.0 Å². The second kappa shape index (κ2) is 6.04. The van der Waals surface area contributed by atoms with E-state index in [1.807, 2.05) is 0 Å². The summed E-state index contributed by atoms with van der Waals surface area (Å²) in [5.74, 6) is -1.30. The minimum atomic E-state index is -0.704. The number of nitrogens with one attached hydrogen (secondary N) is 1. The van der Waals surface area contributed by atoms with Gasteiger partial charge in [0.15, 0.2) is 0 Å². The van der Waals surface area contributed by atoms with Crippen LogP contribution >= 0.6 is 11.6 Å². The van der Waals surface area contributed by atoms with Gasteiger partial charge in [-0.1, -0.05) is 23.7 Å². The number of halogens is 1. The van der Waals surface area contributed by atoms with Crippen molar-refractivity contribution in [2.24, 2.45) is 0 Å². The van der Waals surface area contributed by atoms with Gasteiger partial charge in [0.2, 0.25) is 0 Å². The Labute approximate surface area is 116 Å². The number of nitrogens with zero attached hydrogens (tertiary/aromatic N) is 1. The Morgan fingerprint density at radius 2 is 1.89 bits per heavy atom. The number of aliphatic hydroxyl groups is 1. The van der Waals surface area contributed by atoms with E-state index in [9.17, 15) is 14.7 Å². The fourth-order valence-electron chi connectivity index (χ4n) is 1.95. The Morgan fingerprint density at radius 3 is 2.53 bits per heavy atom. The number of amides is 2. The highest BCUT2D eigenvalue weighted by Gasteiger charge is 2.26. The number of carbonyl (C=O) groups excluding carboxylic acids is 2. The molecule has 0 radical (unpaired) electrons. The number of rotatable bonds is 1. The summed E-state index contributed by atoms with van der Waals surface area (Å²) in [5, 5.41) is 12.2. The molecule has 0 saturated carbocycles. The minimum Gasteiger partial charge on any atom is -0.393 e. The number of piperidine rings is 1. The van der Waals surface area contributed by atoms with E-state index >= 15 is 0 Å². The van der Waals surface area contributed by atoms with Gasteiger partial charge >= 0.3 is 11.8 Å². The van der Waals surface area contributed by atoms with Crippen molar-refractivity contribution in [3.8, 4) is 0 Å². The highest BCUT2D eigenvalue weighted by Crippen LogP contribution is 2.20. The van der Waals surface area contributed by atoms with Crippen molar-refractivity contribution in [3.05, 3.63) is 29.3 Å². The van der Waals surface area contributed by atoms with E-state index < -0.39 is 11.8 Å². The van der Waals surface area contributed by atoms with Crippen LogP contribution in [0.15, 0.2) is 24.3 Å². The number of aliphatic hydroxyl groups excluding tert-OH is 1. The summed E-state index contributed by atoms with van der Waals surface area (Å²) < 4.78 is 0. The fourth-order valence-corrected chi connectivity index (χ4v) is 2.13. The zero-order valence-electron chi connectivity index (χ0n) is 10.3. The standard InChI is InChI=1S/C13H15ClN2O3/c14-10-3-1-2-4-11(10)15-12(18)13(19)16-7-5-9(17)6-8-16/h1-4,9,17H,5-8H2,(H,15,18). The van der Waals surface area contributed by atoms with E-state index in [0.717, 1.165) is 0 Å². The molecule has 1 aromatic rings. The number of benzene rings is 1. The lowest BCUT2D eigenvalue weighted by Gasteiger charge is -2.28. The first kappa shape index (κ1) is 13.8. The summed E-state index contributed by atoms with van der Waals surface area (Å²) in [4.78, 5) is 25.2. The van der Waals surface area contributed by atoms with Crippen LogP contribution in [0.2, 0.25) is 5.02 Å². The molecule has 2 amide bonds. The Morgan fingerprint density at radius 1 is 1.26 bits per heavy atom. The largest absolute Gasteiger partial charge is 0.393 e. The van der Waals surface area contributed by atoms with Crippen molar-refractivity contribution in [1.82, 2.24) is 4.90 Å². The molecule has 6 heteroatoms. The maximum Gasteiger partial charge on any atom is 0.313 e. The lowest BCUT2D eigenvalue weighted by molar-refractivity contribution is -0.144. The summed E-state index contributed by atoms with van der Waals surface area (Å²) >= 11 is 5.91. The van der Waals surface area contributed by atoms with Gasteiger partial charge in [0.05, 0.1) is 16.8 Å². The lowest BCUT2D eigenvalue weighted by atomic mass is 10.1. The molecule has 19 heavy (non-hydrogen) atoms. The Kier molecular flexibility index (Phi) is 4.39. The van der Waals surface area contributed by atoms with Crippen molar-refractivity contribution >= 4 is 29.1 Å². The second-order valence-electron chi connectivity index (χ2n) is 4.46. The van der Waals surface area contributed by atoms with E-state index in [1.54, 1.807) is 24.3 Å². The molecule has 1 aliphatic rings. The molecule has 0 aromatic heterocycles. The van der Waals surface area contributed by atoms with Crippen LogP contribution < -0.4 is 5.32 Å². The molecule has 1 heterocycles. The first-order valence-electron chi connectivity index (χ1n) is 6.11. The highest BCUT2D eigenvalue weighted by atomic mass is 35.5. The van der Waals surface area contributed by atoms with Crippen LogP contribution in [0.4, 0.5) is 5.69 Å². The third-order valence-corrected chi connectivity index (χ3v) is 3.40. The molecule has 0 aliphatic carbocycles. The maximum atomic E-state index is 11.9. The minimum absolute atomic E-state index is 0.379. The molecule has 1 aliphatic heterocycles. The quantitative estimate of drug-likeness (QED) is 0.762. The zero-order valence-corrected chi connectivity index (χ0v) is 11.1. The summed E-state index contributed by atoms with van der Waals surface area (Å²) in [5.41, 5.74) is 0.416. The molecule has 1 fully saturated rings. The van der Waals surface area contributed by atoms with Crippen LogP contribution in [-0.2, 0) is 9.59 Å². The molecule has 0 unspecified atom stereocenters. The van der Waals surface area contributed by atoms with Crippen LogP contribution in [0, 0.1) is 0 Å². The molecule has 0 atom stereocenters. The van der Waals surface area contributed by atoms with Gasteiger partial charge in [-0.3, -0.25) is 9.59 Å². The number of likely N-dealkylation sites (tertiary alicyclic amines) is 1. The van der Waals surface area contributed by atoms with E-state index in [1.165, 1.54) is 4.90 Å². The number of para-hydroxylation sites is 1. The first-order valence-corrected chi connectivity index (χ1v) is 6.48. The van der Waals surface area contributed by atoms with E-state index in [-0.39, 0.29) is 6.10 Å². The average molecular weight is 283 g/mol. The Hall–Kier alpha value is -1.59. The molecular weight excluding hydrogens is 268 g/mol. The monoisotopic (exact) mass is 282 g/mol. The van der Waals surface area contributed by atoms with Crippen LogP contribution in [0.25, 0.3) is 0 Å². The molecule has 0 bridgehead atoms. The molecule has 1 saturated heterocycles. The van der Waals surface area contributed by atoms with Gasteiger partial charge in [-0.05, 0) is 25.0 Å². The normalized spacial score (nSPS) is 16.2. The molecular formula is C13H15ClN2O3. The van der Waals surface area contributed by atoms with Gasteiger partial charge in [-0.2, -0.15) is 0 Å². The SMILES string of the molecule is O=C(Nc1ccccc1Cl)C(=O)N1CCC(O)CC1. The van der Waals surface area contributed by atoms with Crippen molar-refractivity contribution in [2.45, 2.75) is 18.9 Å². The number of carbonyl (C=O) groups is 2. The van der Waals surface area contributed by atoms with Crippen molar-refractivity contribution in [1.29, 1.82) is 0 Å². The number of anilines is 1. The zero-order chi connectivity index (χ0) is 13.8. The summed E-state index contributed by atoms with van der Waals surface area (Å²) in [7, 11) is 0. The molecule has 1 aromatic carbocycles. The second-order valence-corrected chi connectivity index (χ2v) is 4.86. The smallest absolute Gasteiger partial charge is 0.313 e. The van der Waals surface area contributed by atoms with Crippen molar-refractivity contribution < 1.29 is 14.7 Å². The summed E-state index contributed by atoms with van der Waals surface area (Å²) in [6, 6.07) is 6.74. The van der Waals surface area contributed by atoms with Crippen LogP contribution in [0.1, 0.15) is 12.8 Å². The van der Waals surface area contributed by atoms with Gasteiger partial charge in [-0.15, -0.1) is 0 Å². The third kappa shape index (κ3) is 3.45. The van der Waals surface area contributed by atoms with Gasteiger partial charge < -0.3 is 15.3 Å². The van der Waals surface area contributed by atoms with Gasteiger partial charge in [0, 0.05) is 13.1 Å². The highest BCUT2D eigenvalue weighted by molar-refractivity contribution is 6.41. The van der Waals surface area contributed by atoms with Gasteiger partial charge in [0.1, 0.15) is 0 Å². The molecule has 2 N–H and O–H groups in total. The van der Waals surface area contributed by atoms with Gasteiger partial charge in [-0.25, -0.2) is 0 Å². The van der Waals surface area contributed by atoms with Crippen molar-refractivity contribution in [3.63, 3.8) is 0 Å². The molecule has 102 valence electrons.